The molecule has 0 unspecified atom stereocenters. The minimum absolute atomic E-state index is 0.154. The molecule has 6 heteroatoms. The molecule has 0 saturated heterocycles. The molecule has 0 aliphatic heterocycles. The van der Waals surface area contributed by atoms with Gasteiger partial charge < -0.3 is 10.8 Å². The normalized spacial score (nSPS) is 9.24. The molecule has 0 amide bonds. The number of carboxylic acid groups (broad SMARTS) is 1. The van der Waals surface area contributed by atoms with Crippen molar-refractivity contribution in [2.45, 2.75) is 6.42 Å². The molecule has 0 aromatic heterocycles. The zero-order valence-electron chi connectivity index (χ0n) is 8.84. The Hall–Kier alpha value is -2.39. The molecule has 0 heterocycles. The number of nitrogens with zero attached hydrogens (tertiary/aromatic N) is 1. The number of carboxylic acids is 1. The Kier molecular flexibility index (Phi) is 4.20. The fraction of sp³-hybridized carbons (Fsp3) is 0.182. The summed E-state index contributed by atoms with van der Waals surface area (Å²) in [6.45, 7) is 0.157. The highest BCUT2D eigenvalue weighted by atomic mass is 16.6. The van der Waals surface area contributed by atoms with Gasteiger partial charge in [-0.1, -0.05) is 17.9 Å². The molecule has 0 aliphatic carbocycles. The number of carbonyl (C=O) groups is 1. The average Bonchev–Trinajstić information content (AvgIpc) is 2.26. The molecule has 0 atom stereocenters. The van der Waals surface area contributed by atoms with Crippen molar-refractivity contribution >= 4 is 11.7 Å². The van der Waals surface area contributed by atoms with Crippen molar-refractivity contribution in [1.29, 1.82) is 0 Å². The fourth-order valence-electron chi connectivity index (χ4n) is 1.28. The summed E-state index contributed by atoms with van der Waals surface area (Å²) in [6.07, 6.45) is -0.388. The summed E-state index contributed by atoms with van der Waals surface area (Å²) in [5.74, 6) is 4.11. The third-order valence-corrected chi connectivity index (χ3v) is 1.96. The van der Waals surface area contributed by atoms with Gasteiger partial charge in [0.05, 0.1) is 17.9 Å². The lowest BCUT2D eigenvalue weighted by atomic mass is 10.1. The van der Waals surface area contributed by atoms with E-state index in [0.717, 1.165) is 0 Å². The van der Waals surface area contributed by atoms with Crippen molar-refractivity contribution in [2.75, 3.05) is 6.54 Å². The van der Waals surface area contributed by atoms with E-state index in [1.165, 1.54) is 18.2 Å². The summed E-state index contributed by atoms with van der Waals surface area (Å²) in [7, 11) is 0. The molecule has 17 heavy (non-hydrogen) atoms. The lowest BCUT2D eigenvalue weighted by Gasteiger charge is -2.00. The van der Waals surface area contributed by atoms with Crippen LogP contribution in [-0.4, -0.2) is 22.5 Å². The van der Waals surface area contributed by atoms with Gasteiger partial charge in [-0.15, -0.1) is 0 Å². The first-order valence-corrected chi connectivity index (χ1v) is 4.72. The smallest absolute Gasteiger partial charge is 0.308 e. The van der Waals surface area contributed by atoms with Crippen LogP contribution in [0, 0.1) is 22.0 Å². The van der Waals surface area contributed by atoms with Crippen LogP contribution in [0.15, 0.2) is 18.2 Å². The molecule has 0 bridgehead atoms. The number of hydrogen-bond donors (Lipinski definition) is 2. The summed E-state index contributed by atoms with van der Waals surface area (Å²) >= 11 is 0. The standard InChI is InChI=1S/C11H10N2O4/c12-5-1-2-8-3-4-9(7-11(14)15)10(6-8)13(16)17/h3-4,6H,5,7,12H2,(H,14,15). The molecule has 1 aromatic rings. The van der Waals surface area contributed by atoms with Gasteiger partial charge in [-0.05, 0) is 6.07 Å². The summed E-state index contributed by atoms with van der Waals surface area (Å²) in [5, 5.41) is 19.4. The molecule has 3 N–H and O–H groups in total. The first-order valence-electron chi connectivity index (χ1n) is 4.72. The Morgan fingerprint density at radius 3 is 2.76 bits per heavy atom. The van der Waals surface area contributed by atoms with Gasteiger partial charge in [0.1, 0.15) is 0 Å². The molecule has 0 spiro atoms. The van der Waals surface area contributed by atoms with Crippen molar-refractivity contribution in [3.05, 3.63) is 39.4 Å². The van der Waals surface area contributed by atoms with Crippen LogP contribution in [0.25, 0.3) is 0 Å². The molecule has 0 saturated carbocycles. The van der Waals surface area contributed by atoms with E-state index in [9.17, 15) is 14.9 Å². The minimum atomic E-state index is -1.12. The molecular formula is C11H10N2O4. The Balaban J connectivity index is 3.17. The van der Waals surface area contributed by atoms with Crippen molar-refractivity contribution in [1.82, 2.24) is 0 Å². The third-order valence-electron chi connectivity index (χ3n) is 1.96. The second-order valence-electron chi connectivity index (χ2n) is 3.18. The highest BCUT2D eigenvalue weighted by Crippen LogP contribution is 2.20. The quantitative estimate of drug-likeness (QED) is 0.450. The van der Waals surface area contributed by atoms with E-state index in [2.05, 4.69) is 11.8 Å². The Morgan fingerprint density at radius 1 is 1.53 bits per heavy atom. The minimum Gasteiger partial charge on any atom is -0.481 e. The monoisotopic (exact) mass is 234 g/mol. The number of nitrogens with two attached hydrogens (primary N) is 1. The van der Waals surface area contributed by atoms with Crippen LogP contribution in [0.1, 0.15) is 11.1 Å². The van der Waals surface area contributed by atoms with Gasteiger partial charge >= 0.3 is 5.97 Å². The number of rotatable bonds is 3. The summed E-state index contributed by atoms with van der Waals surface area (Å²) < 4.78 is 0. The first-order chi connectivity index (χ1) is 8.04. The molecule has 1 rings (SSSR count). The predicted molar refractivity (Wildman–Crippen MR) is 60.4 cm³/mol. The van der Waals surface area contributed by atoms with E-state index in [1.807, 2.05) is 0 Å². The van der Waals surface area contributed by atoms with Gasteiger partial charge in [0.2, 0.25) is 0 Å². The maximum atomic E-state index is 10.8. The number of hydrogen-bond acceptors (Lipinski definition) is 4. The van der Waals surface area contributed by atoms with Crippen LogP contribution in [0.3, 0.4) is 0 Å². The molecule has 0 radical (unpaired) electrons. The molecule has 88 valence electrons. The van der Waals surface area contributed by atoms with Gasteiger partial charge in [-0.3, -0.25) is 14.9 Å². The van der Waals surface area contributed by atoms with Gasteiger partial charge in [0, 0.05) is 17.2 Å². The van der Waals surface area contributed by atoms with Crippen LogP contribution < -0.4 is 5.73 Å². The van der Waals surface area contributed by atoms with Crippen molar-refractivity contribution in [3.63, 3.8) is 0 Å². The van der Waals surface area contributed by atoms with E-state index < -0.39 is 10.9 Å². The van der Waals surface area contributed by atoms with Crippen molar-refractivity contribution < 1.29 is 14.8 Å². The van der Waals surface area contributed by atoms with Crippen molar-refractivity contribution in [2.24, 2.45) is 5.73 Å². The van der Waals surface area contributed by atoms with Crippen LogP contribution in [0.4, 0.5) is 5.69 Å². The second-order valence-corrected chi connectivity index (χ2v) is 3.18. The van der Waals surface area contributed by atoms with E-state index in [0.29, 0.717) is 5.56 Å². The fourth-order valence-corrected chi connectivity index (χ4v) is 1.28. The van der Waals surface area contributed by atoms with E-state index >= 15 is 0 Å². The maximum absolute atomic E-state index is 10.8. The van der Waals surface area contributed by atoms with Crippen LogP contribution in [0.5, 0.6) is 0 Å². The van der Waals surface area contributed by atoms with Crippen LogP contribution in [0.2, 0.25) is 0 Å². The third kappa shape index (κ3) is 3.59. The summed E-state index contributed by atoms with van der Waals surface area (Å²) in [5.41, 5.74) is 5.54. The number of benzene rings is 1. The average molecular weight is 234 g/mol. The number of aliphatic carboxylic acids is 1. The van der Waals surface area contributed by atoms with Gasteiger partial charge in [-0.25, -0.2) is 0 Å². The molecule has 0 aliphatic rings. The number of nitro benzene ring substituents is 1. The summed E-state index contributed by atoms with van der Waals surface area (Å²) in [4.78, 5) is 20.7. The lowest BCUT2D eigenvalue weighted by molar-refractivity contribution is -0.385. The lowest BCUT2D eigenvalue weighted by Crippen LogP contribution is -2.04. The Bertz CT molecular complexity index is 514. The van der Waals surface area contributed by atoms with Crippen molar-refractivity contribution in [3.8, 4) is 11.8 Å². The molecule has 0 fully saturated rings. The zero-order chi connectivity index (χ0) is 12.8. The van der Waals surface area contributed by atoms with E-state index in [1.54, 1.807) is 0 Å². The summed E-state index contributed by atoms with van der Waals surface area (Å²) in [6, 6.07) is 4.18. The Morgan fingerprint density at radius 2 is 2.24 bits per heavy atom. The van der Waals surface area contributed by atoms with Gasteiger partial charge in [-0.2, -0.15) is 0 Å². The predicted octanol–water partition coefficient (Wildman–Crippen LogP) is 0.532. The second kappa shape index (κ2) is 5.63. The topological polar surface area (TPSA) is 106 Å². The SMILES string of the molecule is NCC#Cc1ccc(CC(=O)O)c([N+](=O)[O-])c1. The highest BCUT2D eigenvalue weighted by molar-refractivity contribution is 5.72. The van der Waals surface area contributed by atoms with Crippen LogP contribution >= 0.6 is 0 Å². The number of nitro groups is 1. The maximum Gasteiger partial charge on any atom is 0.308 e. The Labute approximate surface area is 97.2 Å². The molecular weight excluding hydrogens is 224 g/mol. The molecule has 1 aromatic carbocycles. The van der Waals surface area contributed by atoms with Crippen LogP contribution in [-0.2, 0) is 11.2 Å². The first kappa shape index (κ1) is 12.7. The highest BCUT2D eigenvalue weighted by Gasteiger charge is 2.16. The van der Waals surface area contributed by atoms with Gasteiger partial charge in [0.15, 0.2) is 0 Å². The van der Waals surface area contributed by atoms with E-state index in [4.69, 9.17) is 10.8 Å². The van der Waals surface area contributed by atoms with E-state index in [-0.39, 0.29) is 24.2 Å². The molecule has 6 nitrogen and oxygen atoms in total. The zero-order valence-corrected chi connectivity index (χ0v) is 8.84. The largest absolute Gasteiger partial charge is 0.481 e. The van der Waals surface area contributed by atoms with Gasteiger partial charge in [0.25, 0.3) is 5.69 Å².